The van der Waals surface area contributed by atoms with Crippen molar-refractivity contribution in [3.8, 4) is 5.75 Å². The molecule has 0 bridgehead atoms. The van der Waals surface area contributed by atoms with Crippen LogP contribution < -0.4 is 4.74 Å². The summed E-state index contributed by atoms with van der Waals surface area (Å²) in [5.41, 5.74) is -0.0406. The lowest BCUT2D eigenvalue weighted by atomic mass is 10.3. The van der Waals surface area contributed by atoms with E-state index < -0.39 is 4.92 Å². The standard InChI is InChI=1S/C8H8BrNO4/c9-7-2-1-6(10(12)13)5-8(7)14-4-3-11/h1-2,5,11H,3-4H2. The van der Waals surface area contributed by atoms with Crippen molar-refractivity contribution in [3.05, 3.63) is 32.8 Å². The predicted molar refractivity (Wildman–Crippen MR) is 53.4 cm³/mol. The summed E-state index contributed by atoms with van der Waals surface area (Å²) in [4.78, 5) is 9.92. The fourth-order valence-electron chi connectivity index (χ4n) is 0.872. The van der Waals surface area contributed by atoms with Crippen molar-refractivity contribution >= 4 is 21.6 Å². The van der Waals surface area contributed by atoms with Crippen molar-refractivity contribution in [2.24, 2.45) is 0 Å². The third kappa shape index (κ3) is 2.68. The number of ether oxygens (including phenoxy) is 1. The molecule has 0 atom stereocenters. The zero-order chi connectivity index (χ0) is 10.6. The lowest BCUT2D eigenvalue weighted by molar-refractivity contribution is -0.385. The van der Waals surface area contributed by atoms with E-state index in [9.17, 15) is 10.1 Å². The smallest absolute Gasteiger partial charge is 0.273 e. The first kappa shape index (κ1) is 10.9. The van der Waals surface area contributed by atoms with Crippen LogP contribution in [-0.4, -0.2) is 23.2 Å². The number of aliphatic hydroxyl groups excluding tert-OH is 1. The first-order valence-electron chi connectivity index (χ1n) is 3.82. The minimum Gasteiger partial charge on any atom is -0.490 e. The largest absolute Gasteiger partial charge is 0.490 e. The van der Waals surface area contributed by atoms with Gasteiger partial charge in [0.25, 0.3) is 5.69 Å². The minimum atomic E-state index is -0.502. The Morgan fingerprint density at radius 3 is 2.86 bits per heavy atom. The molecule has 0 saturated carbocycles. The Bertz CT molecular complexity index is 342. The Morgan fingerprint density at radius 2 is 2.29 bits per heavy atom. The van der Waals surface area contributed by atoms with Gasteiger partial charge >= 0.3 is 0 Å². The Hall–Kier alpha value is -1.14. The highest BCUT2D eigenvalue weighted by Crippen LogP contribution is 2.28. The van der Waals surface area contributed by atoms with E-state index in [1.807, 2.05) is 0 Å². The average Bonchev–Trinajstić information content (AvgIpc) is 2.16. The topological polar surface area (TPSA) is 72.6 Å². The van der Waals surface area contributed by atoms with Crippen molar-refractivity contribution in [2.45, 2.75) is 0 Å². The molecule has 0 saturated heterocycles. The third-order valence-corrected chi connectivity index (χ3v) is 2.13. The molecule has 0 radical (unpaired) electrons. The summed E-state index contributed by atoms with van der Waals surface area (Å²) in [5, 5.41) is 18.9. The number of aliphatic hydroxyl groups is 1. The van der Waals surface area contributed by atoms with E-state index in [-0.39, 0.29) is 18.9 Å². The van der Waals surface area contributed by atoms with Gasteiger partial charge in [-0.25, -0.2) is 0 Å². The van der Waals surface area contributed by atoms with E-state index in [0.717, 1.165) is 0 Å². The molecule has 0 heterocycles. The van der Waals surface area contributed by atoms with E-state index in [0.29, 0.717) is 10.2 Å². The quantitative estimate of drug-likeness (QED) is 0.662. The van der Waals surface area contributed by atoms with Crippen LogP contribution >= 0.6 is 15.9 Å². The maximum absolute atomic E-state index is 10.4. The summed E-state index contributed by atoms with van der Waals surface area (Å²) >= 11 is 3.18. The van der Waals surface area contributed by atoms with Gasteiger partial charge in [-0.05, 0) is 22.0 Å². The number of non-ortho nitro benzene ring substituents is 1. The van der Waals surface area contributed by atoms with Crippen LogP contribution in [0.2, 0.25) is 0 Å². The van der Waals surface area contributed by atoms with Crippen LogP contribution in [0.15, 0.2) is 22.7 Å². The van der Waals surface area contributed by atoms with E-state index >= 15 is 0 Å². The summed E-state index contributed by atoms with van der Waals surface area (Å²) in [5.74, 6) is 0.355. The number of halogens is 1. The van der Waals surface area contributed by atoms with Gasteiger partial charge in [0.2, 0.25) is 0 Å². The Morgan fingerprint density at radius 1 is 1.57 bits per heavy atom. The number of rotatable bonds is 4. The summed E-state index contributed by atoms with van der Waals surface area (Å²) in [7, 11) is 0. The fourth-order valence-corrected chi connectivity index (χ4v) is 1.23. The molecule has 0 spiro atoms. The van der Waals surface area contributed by atoms with Gasteiger partial charge < -0.3 is 9.84 Å². The number of hydrogen-bond acceptors (Lipinski definition) is 4. The normalized spacial score (nSPS) is 9.86. The predicted octanol–water partition coefficient (Wildman–Crippen LogP) is 1.73. The van der Waals surface area contributed by atoms with Gasteiger partial charge in [0.05, 0.1) is 22.1 Å². The number of nitrogens with zero attached hydrogens (tertiary/aromatic N) is 1. The third-order valence-electron chi connectivity index (χ3n) is 1.47. The molecule has 76 valence electrons. The van der Waals surface area contributed by atoms with E-state index in [4.69, 9.17) is 9.84 Å². The van der Waals surface area contributed by atoms with E-state index in [1.54, 1.807) is 0 Å². The highest BCUT2D eigenvalue weighted by Gasteiger charge is 2.09. The molecular formula is C8H8BrNO4. The summed E-state index contributed by atoms with van der Waals surface area (Å²) in [6, 6.07) is 4.21. The zero-order valence-electron chi connectivity index (χ0n) is 7.14. The van der Waals surface area contributed by atoms with E-state index in [1.165, 1.54) is 18.2 Å². The van der Waals surface area contributed by atoms with Gasteiger partial charge in [-0.15, -0.1) is 0 Å². The molecule has 1 rings (SSSR count). The molecule has 1 aromatic rings. The number of hydrogen-bond donors (Lipinski definition) is 1. The van der Waals surface area contributed by atoms with Crippen molar-refractivity contribution in [1.29, 1.82) is 0 Å². The van der Waals surface area contributed by atoms with Gasteiger partial charge in [0, 0.05) is 6.07 Å². The van der Waals surface area contributed by atoms with Crippen molar-refractivity contribution < 1.29 is 14.8 Å². The molecule has 0 aromatic heterocycles. The molecule has 0 aliphatic carbocycles. The number of nitro benzene ring substituents is 1. The lowest BCUT2D eigenvalue weighted by Gasteiger charge is -2.05. The molecular weight excluding hydrogens is 254 g/mol. The van der Waals surface area contributed by atoms with Crippen LogP contribution in [-0.2, 0) is 0 Å². The van der Waals surface area contributed by atoms with Crippen LogP contribution in [0, 0.1) is 10.1 Å². The molecule has 0 aliphatic rings. The molecule has 0 aliphatic heterocycles. The minimum absolute atomic E-state index is 0.0406. The van der Waals surface area contributed by atoms with Crippen LogP contribution in [0.4, 0.5) is 5.69 Å². The molecule has 14 heavy (non-hydrogen) atoms. The highest BCUT2D eigenvalue weighted by atomic mass is 79.9. The number of nitro groups is 1. The molecule has 6 heteroatoms. The van der Waals surface area contributed by atoms with Crippen molar-refractivity contribution in [1.82, 2.24) is 0 Å². The molecule has 0 amide bonds. The molecule has 1 aromatic carbocycles. The van der Waals surface area contributed by atoms with Crippen LogP contribution in [0.25, 0.3) is 0 Å². The second-order valence-electron chi connectivity index (χ2n) is 2.44. The maximum atomic E-state index is 10.4. The molecule has 1 N–H and O–H groups in total. The first-order chi connectivity index (χ1) is 6.65. The van der Waals surface area contributed by atoms with E-state index in [2.05, 4.69) is 15.9 Å². The average molecular weight is 262 g/mol. The highest BCUT2D eigenvalue weighted by molar-refractivity contribution is 9.10. The Labute approximate surface area is 88.6 Å². The monoisotopic (exact) mass is 261 g/mol. The fraction of sp³-hybridized carbons (Fsp3) is 0.250. The van der Waals surface area contributed by atoms with Gasteiger partial charge in [-0.3, -0.25) is 10.1 Å². The van der Waals surface area contributed by atoms with Gasteiger partial charge in [-0.2, -0.15) is 0 Å². The summed E-state index contributed by atoms with van der Waals surface area (Å²) in [6.07, 6.45) is 0. The molecule has 0 fully saturated rings. The van der Waals surface area contributed by atoms with Gasteiger partial charge in [0.1, 0.15) is 12.4 Å². The van der Waals surface area contributed by atoms with Gasteiger partial charge in [-0.1, -0.05) is 0 Å². The van der Waals surface area contributed by atoms with Crippen LogP contribution in [0.1, 0.15) is 0 Å². The second kappa shape index (κ2) is 4.92. The Kier molecular flexibility index (Phi) is 3.84. The Balaban J connectivity index is 2.90. The van der Waals surface area contributed by atoms with Crippen molar-refractivity contribution in [3.63, 3.8) is 0 Å². The summed E-state index contributed by atoms with van der Waals surface area (Å²) in [6.45, 7) is -0.0189. The zero-order valence-corrected chi connectivity index (χ0v) is 8.73. The molecule has 5 nitrogen and oxygen atoms in total. The van der Waals surface area contributed by atoms with Crippen LogP contribution in [0.5, 0.6) is 5.75 Å². The number of benzene rings is 1. The lowest BCUT2D eigenvalue weighted by Crippen LogP contribution is -2.02. The maximum Gasteiger partial charge on any atom is 0.273 e. The second-order valence-corrected chi connectivity index (χ2v) is 3.30. The first-order valence-corrected chi connectivity index (χ1v) is 4.62. The van der Waals surface area contributed by atoms with Crippen LogP contribution in [0.3, 0.4) is 0 Å². The molecule has 0 unspecified atom stereocenters. The van der Waals surface area contributed by atoms with Crippen molar-refractivity contribution in [2.75, 3.05) is 13.2 Å². The van der Waals surface area contributed by atoms with Gasteiger partial charge in [0.15, 0.2) is 0 Å². The summed E-state index contributed by atoms with van der Waals surface area (Å²) < 4.78 is 5.70. The SMILES string of the molecule is O=[N+]([O-])c1ccc(Br)c(OCCO)c1.